The number of halogens is 1. The van der Waals surface area contributed by atoms with Crippen molar-refractivity contribution in [3.63, 3.8) is 0 Å². The fourth-order valence-electron chi connectivity index (χ4n) is 3.60. The van der Waals surface area contributed by atoms with Crippen LogP contribution < -0.4 is 15.0 Å². The Kier molecular flexibility index (Phi) is 6.38. The first kappa shape index (κ1) is 20.8. The molecule has 0 aromatic heterocycles. The molecule has 0 radical (unpaired) electrons. The number of hydrogen-bond donors (Lipinski definition) is 1. The first-order valence-electron chi connectivity index (χ1n) is 10.3. The van der Waals surface area contributed by atoms with Gasteiger partial charge in [0.15, 0.2) is 0 Å². The van der Waals surface area contributed by atoms with Crippen LogP contribution in [0.3, 0.4) is 0 Å². The van der Waals surface area contributed by atoms with Crippen molar-refractivity contribution in [3.8, 4) is 11.5 Å². The number of hydrogen-bond acceptors (Lipinski definition) is 4. The molecule has 158 valence electrons. The Hall–Kier alpha value is -3.51. The summed E-state index contributed by atoms with van der Waals surface area (Å²) < 4.78 is 18.8. The van der Waals surface area contributed by atoms with Gasteiger partial charge in [0, 0.05) is 0 Å². The van der Waals surface area contributed by atoms with Crippen molar-refractivity contribution in [1.29, 1.82) is 0 Å². The molecule has 31 heavy (non-hydrogen) atoms. The van der Waals surface area contributed by atoms with Gasteiger partial charge >= 0.3 is 0 Å². The second kappa shape index (κ2) is 9.53. The van der Waals surface area contributed by atoms with Gasteiger partial charge in [-0.05, 0) is 73.5 Å². The highest BCUT2D eigenvalue weighted by Crippen LogP contribution is 2.26. The van der Waals surface area contributed by atoms with Crippen LogP contribution in [0.4, 0.5) is 10.1 Å². The van der Waals surface area contributed by atoms with Crippen molar-refractivity contribution < 1.29 is 18.7 Å². The van der Waals surface area contributed by atoms with Gasteiger partial charge in [0.1, 0.15) is 17.3 Å². The van der Waals surface area contributed by atoms with Gasteiger partial charge in [-0.1, -0.05) is 30.3 Å². The molecule has 0 aliphatic carbocycles. The molecule has 4 rings (SSSR count). The summed E-state index contributed by atoms with van der Waals surface area (Å²) in [5.41, 5.74) is 1.34. The van der Waals surface area contributed by atoms with Crippen molar-refractivity contribution in [2.75, 3.05) is 11.4 Å². The summed E-state index contributed by atoms with van der Waals surface area (Å²) in [6.45, 7) is 0.765. The second-order valence-electron chi connectivity index (χ2n) is 7.43. The van der Waals surface area contributed by atoms with E-state index >= 15 is 0 Å². The number of ether oxygens (including phenoxy) is 1. The summed E-state index contributed by atoms with van der Waals surface area (Å²) in [7, 11) is 0. The molecular weight excluding hydrogens is 395 g/mol. The van der Waals surface area contributed by atoms with E-state index in [1.54, 1.807) is 24.3 Å². The number of amides is 2. The first-order chi connectivity index (χ1) is 15.1. The van der Waals surface area contributed by atoms with Gasteiger partial charge in [-0.25, -0.2) is 9.29 Å². The molecule has 1 saturated heterocycles. The summed E-state index contributed by atoms with van der Waals surface area (Å²) in [6.07, 6.45) is 1.74. The number of nitrogens with one attached hydrogen (secondary N) is 1. The number of anilines is 1. The van der Waals surface area contributed by atoms with Crippen LogP contribution >= 0.6 is 0 Å². The minimum Gasteiger partial charge on any atom is -0.457 e. The largest absolute Gasteiger partial charge is 0.457 e. The van der Waals surface area contributed by atoms with E-state index in [-0.39, 0.29) is 30.1 Å². The van der Waals surface area contributed by atoms with Crippen molar-refractivity contribution in [2.45, 2.75) is 25.3 Å². The molecule has 0 spiro atoms. The zero-order chi connectivity index (χ0) is 21.6. The predicted molar refractivity (Wildman–Crippen MR) is 117 cm³/mol. The van der Waals surface area contributed by atoms with E-state index in [0.717, 1.165) is 18.5 Å². The quantitative estimate of drug-likeness (QED) is 0.642. The summed E-state index contributed by atoms with van der Waals surface area (Å²) in [5.74, 6) is 0.159. The molecule has 3 aromatic rings. The van der Waals surface area contributed by atoms with Crippen LogP contribution in [0.2, 0.25) is 0 Å². The normalized spacial score (nSPS) is 15.5. The lowest BCUT2D eigenvalue weighted by molar-refractivity contribution is -0.127. The van der Waals surface area contributed by atoms with Gasteiger partial charge in [-0.2, -0.15) is 0 Å². The molecule has 1 aliphatic rings. The van der Waals surface area contributed by atoms with Gasteiger partial charge in [-0.3, -0.25) is 9.59 Å². The Bertz CT molecular complexity index is 1030. The summed E-state index contributed by atoms with van der Waals surface area (Å²) in [4.78, 5) is 27.6. The van der Waals surface area contributed by atoms with Crippen LogP contribution in [-0.4, -0.2) is 24.4 Å². The van der Waals surface area contributed by atoms with E-state index in [0.29, 0.717) is 23.6 Å². The monoisotopic (exact) mass is 418 g/mol. The zero-order valence-corrected chi connectivity index (χ0v) is 17.0. The summed E-state index contributed by atoms with van der Waals surface area (Å²) >= 11 is 0. The van der Waals surface area contributed by atoms with Gasteiger partial charge < -0.3 is 10.1 Å². The van der Waals surface area contributed by atoms with Crippen LogP contribution in [0, 0.1) is 5.82 Å². The smallest absolute Gasteiger partial charge is 0.250 e. The molecule has 0 bridgehead atoms. The lowest BCUT2D eigenvalue weighted by Crippen LogP contribution is -2.47. The molecule has 1 N–H and O–H groups in total. The second-order valence-corrected chi connectivity index (χ2v) is 7.43. The number of nitrogens with zero attached hydrogens (tertiary/aromatic N) is 1. The average molecular weight is 418 g/mol. The molecule has 6 heteroatoms. The third-order valence-electron chi connectivity index (χ3n) is 5.17. The maximum Gasteiger partial charge on any atom is 0.250 e. The van der Waals surface area contributed by atoms with Crippen molar-refractivity contribution in [1.82, 2.24) is 5.32 Å². The summed E-state index contributed by atoms with van der Waals surface area (Å²) in [6, 6.07) is 21.5. The fraction of sp³-hybridized carbons (Fsp3) is 0.200. The zero-order valence-electron chi connectivity index (χ0n) is 17.0. The third-order valence-corrected chi connectivity index (χ3v) is 5.17. The lowest BCUT2D eigenvalue weighted by atomic mass is 10.1. The minimum absolute atomic E-state index is 0.132. The lowest BCUT2D eigenvalue weighted by Gasteiger charge is -2.24. The van der Waals surface area contributed by atoms with E-state index in [9.17, 15) is 14.0 Å². The highest BCUT2D eigenvalue weighted by atomic mass is 19.1. The predicted octanol–water partition coefficient (Wildman–Crippen LogP) is 4.47. The molecule has 1 aliphatic heterocycles. The van der Waals surface area contributed by atoms with Gasteiger partial charge in [0.2, 0.25) is 5.91 Å². The number of carbonyl (C=O) groups is 2. The van der Waals surface area contributed by atoms with Crippen LogP contribution in [0.15, 0.2) is 78.9 Å². The molecule has 0 saturated carbocycles. The fourth-order valence-corrected chi connectivity index (χ4v) is 3.60. The van der Waals surface area contributed by atoms with Gasteiger partial charge in [0.25, 0.3) is 5.91 Å². The molecule has 5 nitrogen and oxygen atoms in total. The topological polar surface area (TPSA) is 58.6 Å². The van der Waals surface area contributed by atoms with E-state index in [1.165, 1.54) is 29.2 Å². The number of benzene rings is 3. The standard InChI is InChI=1S/C25H23FN2O3/c26-19-8-12-21(13-9-19)31-22-14-10-20(11-15-22)28(25(30)23-7-4-16-27-23)24(29)17-18-5-2-1-3-6-18/h1-3,5-6,8-15,23,27H,4,7,16-17H2. The number of rotatable bonds is 6. The van der Waals surface area contributed by atoms with Crippen LogP contribution in [0.1, 0.15) is 18.4 Å². The molecule has 2 amide bonds. The summed E-state index contributed by atoms with van der Waals surface area (Å²) in [5, 5.41) is 3.18. The van der Waals surface area contributed by atoms with Crippen molar-refractivity contribution in [2.24, 2.45) is 0 Å². The first-order valence-corrected chi connectivity index (χ1v) is 10.3. The van der Waals surface area contributed by atoms with Crippen LogP contribution in [0.5, 0.6) is 11.5 Å². The molecule has 1 heterocycles. The molecule has 1 unspecified atom stereocenters. The van der Waals surface area contributed by atoms with Gasteiger partial charge in [0.05, 0.1) is 18.2 Å². The van der Waals surface area contributed by atoms with Crippen molar-refractivity contribution in [3.05, 3.63) is 90.2 Å². The highest BCUT2D eigenvalue weighted by Gasteiger charge is 2.31. The van der Waals surface area contributed by atoms with E-state index in [4.69, 9.17) is 4.74 Å². The van der Waals surface area contributed by atoms with Crippen LogP contribution in [-0.2, 0) is 16.0 Å². The minimum atomic E-state index is -0.366. The Balaban J connectivity index is 1.55. The SMILES string of the molecule is O=C(Cc1ccccc1)N(C(=O)C1CCCN1)c1ccc(Oc2ccc(F)cc2)cc1. The van der Waals surface area contributed by atoms with Crippen LogP contribution in [0.25, 0.3) is 0 Å². The Labute approximate surface area is 180 Å². The Morgan fingerprint density at radius 1 is 0.935 bits per heavy atom. The maximum atomic E-state index is 13.2. The maximum absolute atomic E-state index is 13.2. The Morgan fingerprint density at radius 3 is 2.19 bits per heavy atom. The average Bonchev–Trinajstić information content (AvgIpc) is 3.32. The molecule has 3 aromatic carbocycles. The molecular formula is C25H23FN2O3. The van der Waals surface area contributed by atoms with Gasteiger partial charge in [-0.15, -0.1) is 0 Å². The van der Waals surface area contributed by atoms with E-state index in [2.05, 4.69) is 5.32 Å². The van der Waals surface area contributed by atoms with E-state index in [1.807, 2.05) is 30.3 Å². The number of imide groups is 1. The molecule has 1 atom stereocenters. The third kappa shape index (κ3) is 5.16. The van der Waals surface area contributed by atoms with Crippen molar-refractivity contribution >= 4 is 17.5 Å². The Morgan fingerprint density at radius 2 is 1.58 bits per heavy atom. The van der Waals surface area contributed by atoms with E-state index < -0.39 is 0 Å². The number of carbonyl (C=O) groups excluding carboxylic acids is 2. The molecule has 1 fully saturated rings. The highest BCUT2D eigenvalue weighted by molar-refractivity contribution is 6.17.